The van der Waals surface area contributed by atoms with E-state index in [-0.39, 0.29) is 5.78 Å². The minimum Gasteiger partial charge on any atom is -0.294 e. The van der Waals surface area contributed by atoms with Gasteiger partial charge in [0.15, 0.2) is 5.78 Å². The first-order valence-corrected chi connectivity index (χ1v) is 6.29. The maximum atomic E-state index is 11.7. The SMILES string of the molecule is CC(=O)c1cccnc1-n1cnc2c1CCCC2. The van der Waals surface area contributed by atoms with Crippen LogP contribution in [0.1, 0.15) is 41.5 Å². The molecule has 0 aromatic carbocycles. The van der Waals surface area contributed by atoms with Crippen LogP contribution in [0.25, 0.3) is 5.82 Å². The van der Waals surface area contributed by atoms with Crippen LogP contribution >= 0.6 is 0 Å². The van der Waals surface area contributed by atoms with E-state index < -0.39 is 0 Å². The molecule has 0 fully saturated rings. The molecule has 0 atom stereocenters. The second-order valence-corrected chi connectivity index (χ2v) is 4.65. The van der Waals surface area contributed by atoms with Crippen molar-refractivity contribution < 1.29 is 4.79 Å². The highest BCUT2D eigenvalue weighted by molar-refractivity contribution is 5.97. The van der Waals surface area contributed by atoms with Gasteiger partial charge in [-0.05, 0) is 44.7 Å². The maximum absolute atomic E-state index is 11.7. The zero-order valence-corrected chi connectivity index (χ0v) is 10.4. The number of ketones is 1. The molecule has 3 rings (SSSR count). The van der Waals surface area contributed by atoms with Crippen LogP contribution in [-0.2, 0) is 12.8 Å². The van der Waals surface area contributed by atoms with E-state index in [4.69, 9.17) is 0 Å². The number of rotatable bonds is 2. The van der Waals surface area contributed by atoms with Gasteiger partial charge in [0.1, 0.15) is 12.1 Å². The van der Waals surface area contributed by atoms with Gasteiger partial charge in [-0.3, -0.25) is 9.36 Å². The van der Waals surface area contributed by atoms with Crippen LogP contribution in [0.4, 0.5) is 0 Å². The second-order valence-electron chi connectivity index (χ2n) is 4.65. The molecule has 1 aliphatic rings. The van der Waals surface area contributed by atoms with Crippen molar-refractivity contribution in [3.8, 4) is 5.82 Å². The average molecular weight is 241 g/mol. The molecule has 1 aliphatic carbocycles. The molecule has 0 amide bonds. The number of fused-ring (bicyclic) bond motifs is 1. The van der Waals surface area contributed by atoms with E-state index in [1.165, 1.54) is 18.5 Å². The van der Waals surface area contributed by atoms with Gasteiger partial charge in [0.25, 0.3) is 0 Å². The van der Waals surface area contributed by atoms with Gasteiger partial charge in [0.2, 0.25) is 0 Å². The molecular weight excluding hydrogens is 226 g/mol. The number of aryl methyl sites for hydroxylation is 1. The third-order valence-electron chi connectivity index (χ3n) is 3.42. The van der Waals surface area contributed by atoms with E-state index in [9.17, 15) is 4.79 Å². The van der Waals surface area contributed by atoms with Gasteiger partial charge in [0.05, 0.1) is 11.3 Å². The lowest BCUT2D eigenvalue weighted by Gasteiger charge is -2.14. The van der Waals surface area contributed by atoms with Gasteiger partial charge in [-0.1, -0.05) is 0 Å². The molecule has 0 radical (unpaired) electrons. The highest BCUT2D eigenvalue weighted by atomic mass is 16.1. The van der Waals surface area contributed by atoms with Crippen molar-refractivity contribution in [2.75, 3.05) is 0 Å². The third-order valence-corrected chi connectivity index (χ3v) is 3.42. The van der Waals surface area contributed by atoms with Crippen LogP contribution in [0, 0.1) is 0 Å². The monoisotopic (exact) mass is 241 g/mol. The van der Waals surface area contributed by atoms with Gasteiger partial charge in [0, 0.05) is 11.9 Å². The number of Topliss-reactive ketones (excluding diaryl/α,β-unsaturated/α-hetero) is 1. The Morgan fingerprint density at radius 2 is 2.11 bits per heavy atom. The van der Waals surface area contributed by atoms with E-state index in [0.717, 1.165) is 18.5 Å². The first kappa shape index (κ1) is 11.1. The molecule has 0 bridgehead atoms. The number of pyridine rings is 1. The fourth-order valence-electron chi connectivity index (χ4n) is 2.52. The summed E-state index contributed by atoms with van der Waals surface area (Å²) in [7, 11) is 0. The number of hydrogen-bond donors (Lipinski definition) is 0. The van der Waals surface area contributed by atoms with Crippen LogP contribution < -0.4 is 0 Å². The predicted molar refractivity (Wildman–Crippen MR) is 68.0 cm³/mol. The molecule has 4 nitrogen and oxygen atoms in total. The number of hydrogen-bond acceptors (Lipinski definition) is 3. The number of carbonyl (C=O) groups excluding carboxylic acids is 1. The minimum atomic E-state index is 0.0383. The van der Waals surface area contributed by atoms with E-state index in [1.807, 2.05) is 10.6 Å². The zero-order chi connectivity index (χ0) is 12.5. The summed E-state index contributed by atoms with van der Waals surface area (Å²) < 4.78 is 1.98. The Kier molecular flexibility index (Phi) is 2.70. The van der Waals surface area contributed by atoms with Gasteiger partial charge in [-0.2, -0.15) is 0 Å². The Bertz CT molecular complexity index is 601. The van der Waals surface area contributed by atoms with Crippen molar-refractivity contribution in [2.45, 2.75) is 32.6 Å². The van der Waals surface area contributed by atoms with Crippen molar-refractivity contribution in [3.63, 3.8) is 0 Å². The Labute approximate surface area is 106 Å². The summed E-state index contributed by atoms with van der Waals surface area (Å²) in [5, 5.41) is 0. The molecule has 2 aromatic heterocycles. The quantitative estimate of drug-likeness (QED) is 0.758. The zero-order valence-electron chi connectivity index (χ0n) is 10.4. The summed E-state index contributed by atoms with van der Waals surface area (Å²) in [5.41, 5.74) is 3.02. The lowest BCUT2D eigenvalue weighted by atomic mass is 10.0. The van der Waals surface area contributed by atoms with E-state index in [1.54, 1.807) is 25.5 Å². The summed E-state index contributed by atoms with van der Waals surface area (Å²) in [4.78, 5) is 20.5. The fraction of sp³-hybridized carbons (Fsp3) is 0.357. The van der Waals surface area contributed by atoms with E-state index in [2.05, 4.69) is 9.97 Å². The van der Waals surface area contributed by atoms with Crippen LogP contribution in [0.3, 0.4) is 0 Å². The van der Waals surface area contributed by atoms with E-state index >= 15 is 0 Å². The highest BCUT2D eigenvalue weighted by Gasteiger charge is 2.19. The van der Waals surface area contributed by atoms with Crippen LogP contribution in [0.2, 0.25) is 0 Å². The summed E-state index contributed by atoms with van der Waals surface area (Å²) in [6, 6.07) is 3.61. The smallest absolute Gasteiger partial charge is 0.163 e. The molecule has 0 saturated heterocycles. The molecule has 0 unspecified atom stereocenters. The van der Waals surface area contributed by atoms with Gasteiger partial charge in [-0.15, -0.1) is 0 Å². The Balaban J connectivity index is 2.15. The Hall–Kier alpha value is -1.97. The van der Waals surface area contributed by atoms with Crippen molar-refractivity contribution in [1.82, 2.24) is 14.5 Å². The number of nitrogens with zero attached hydrogens (tertiary/aromatic N) is 3. The summed E-state index contributed by atoms with van der Waals surface area (Å²) in [5.74, 6) is 0.747. The predicted octanol–water partition coefficient (Wildman–Crippen LogP) is 2.35. The lowest BCUT2D eigenvalue weighted by molar-refractivity contribution is 0.101. The van der Waals surface area contributed by atoms with Crippen molar-refractivity contribution in [3.05, 3.63) is 41.6 Å². The molecule has 0 spiro atoms. The maximum Gasteiger partial charge on any atom is 0.163 e. The fourth-order valence-corrected chi connectivity index (χ4v) is 2.52. The van der Waals surface area contributed by atoms with Crippen molar-refractivity contribution >= 4 is 5.78 Å². The van der Waals surface area contributed by atoms with Gasteiger partial charge < -0.3 is 0 Å². The first-order valence-electron chi connectivity index (χ1n) is 6.29. The molecule has 2 heterocycles. The lowest BCUT2D eigenvalue weighted by Crippen LogP contribution is -2.11. The molecule has 92 valence electrons. The molecule has 0 aliphatic heterocycles. The largest absolute Gasteiger partial charge is 0.294 e. The summed E-state index contributed by atoms with van der Waals surface area (Å²) >= 11 is 0. The summed E-state index contributed by atoms with van der Waals surface area (Å²) in [6.45, 7) is 1.57. The van der Waals surface area contributed by atoms with Crippen molar-refractivity contribution in [1.29, 1.82) is 0 Å². The van der Waals surface area contributed by atoms with Crippen molar-refractivity contribution in [2.24, 2.45) is 0 Å². The normalized spacial score (nSPS) is 14.3. The third kappa shape index (κ3) is 1.74. The standard InChI is InChI=1S/C14H15N3O/c1-10(18)11-5-4-8-15-14(11)17-9-16-12-6-2-3-7-13(12)17/h4-5,8-9H,2-3,6-7H2,1H3. The summed E-state index contributed by atoms with van der Waals surface area (Å²) in [6.07, 6.45) is 7.95. The molecule has 4 heteroatoms. The van der Waals surface area contributed by atoms with Gasteiger partial charge >= 0.3 is 0 Å². The molecular formula is C14H15N3O. The molecule has 0 saturated carbocycles. The van der Waals surface area contributed by atoms with E-state index in [0.29, 0.717) is 11.4 Å². The number of carbonyl (C=O) groups is 1. The Morgan fingerprint density at radius 3 is 2.94 bits per heavy atom. The highest BCUT2D eigenvalue weighted by Crippen LogP contribution is 2.23. The minimum absolute atomic E-state index is 0.0383. The van der Waals surface area contributed by atoms with Crippen LogP contribution in [-0.4, -0.2) is 20.3 Å². The molecule has 18 heavy (non-hydrogen) atoms. The topological polar surface area (TPSA) is 47.8 Å². The first-order chi connectivity index (χ1) is 8.77. The van der Waals surface area contributed by atoms with Crippen LogP contribution in [0.5, 0.6) is 0 Å². The Morgan fingerprint density at radius 1 is 1.28 bits per heavy atom. The van der Waals surface area contributed by atoms with Gasteiger partial charge in [-0.25, -0.2) is 9.97 Å². The van der Waals surface area contributed by atoms with Crippen LogP contribution in [0.15, 0.2) is 24.7 Å². The average Bonchev–Trinajstić information content (AvgIpc) is 2.82. The molecule has 0 N–H and O–H groups in total. The second kappa shape index (κ2) is 4.37. The number of aromatic nitrogens is 3. The molecule has 2 aromatic rings. The number of imidazole rings is 1.